The lowest BCUT2D eigenvalue weighted by molar-refractivity contribution is 0.247. The second-order valence-electron chi connectivity index (χ2n) is 7.38. The number of aromatic nitrogens is 3. The van der Waals surface area contributed by atoms with Crippen molar-refractivity contribution in [2.45, 2.75) is 26.7 Å². The number of benzene rings is 1. The number of para-hydroxylation sites is 1. The van der Waals surface area contributed by atoms with Crippen molar-refractivity contribution >= 4 is 27.3 Å². The van der Waals surface area contributed by atoms with Crippen molar-refractivity contribution in [1.82, 2.24) is 25.0 Å². The van der Waals surface area contributed by atoms with Gasteiger partial charge in [0, 0.05) is 44.1 Å². The molecule has 1 fully saturated rings. The number of nitrogens with one attached hydrogen (secondary N) is 2. The zero-order valence-electron chi connectivity index (χ0n) is 17.1. The summed E-state index contributed by atoms with van der Waals surface area (Å²) in [6, 6.07) is 7.96. The van der Waals surface area contributed by atoms with E-state index in [1.165, 1.54) is 11.3 Å². The summed E-state index contributed by atoms with van der Waals surface area (Å²) in [7, 11) is 0. The highest BCUT2D eigenvalue weighted by Crippen LogP contribution is 2.24. The number of hydrogen-bond acceptors (Lipinski definition) is 6. The normalized spacial score (nSPS) is 16.0. The van der Waals surface area contributed by atoms with Crippen molar-refractivity contribution in [1.29, 1.82) is 0 Å². The van der Waals surface area contributed by atoms with Crippen molar-refractivity contribution in [2.24, 2.45) is 4.99 Å². The number of rotatable bonds is 7. The maximum atomic E-state index is 13.2. The zero-order valence-corrected chi connectivity index (χ0v) is 17.9. The molecule has 0 amide bonds. The van der Waals surface area contributed by atoms with Crippen LogP contribution in [0.5, 0.6) is 0 Å². The fourth-order valence-electron chi connectivity index (χ4n) is 3.75. The molecule has 29 heavy (non-hydrogen) atoms. The van der Waals surface area contributed by atoms with Crippen molar-refractivity contribution in [3.8, 4) is 5.13 Å². The van der Waals surface area contributed by atoms with Gasteiger partial charge < -0.3 is 5.32 Å². The highest BCUT2D eigenvalue weighted by Gasteiger charge is 2.19. The third kappa shape index (κ3) is 4.34. The SMILES string of the molecule is CCCc1[nH]n(-c2nc3ccccc3s2)c(=O)c1C(C)=NCCN1CCNCC1. The fourth-order valence-corrected chi connectivity index (χ4v) is 4.68. The van der Waals surface area contributed by atoms with Crippen LogP contribution in [0.15, 0.2) is 34.1 Å². The van der Waals surface area contributed by atoms with Crippen LogP contribution in [0.25, 0.3) is 15.3 Å². The number of H-pyrrole nitrogens is 1. The molecule has 0 radical (unpaired) electrons. The molecule has 0 aliphatic carbocycles. The summed E-state index contributed by atoms with van der Waals surface area (Å²) in [6.07, 6.45) is 1.77. The Balaban J connectivity index is 1.61. The van der Waals surface area contributed by atoms with E-state index in [0.29, 0.717) is 17.2 Å². The molecule has 3 aromatic rings. The number of hydrogen-bond donors (Lipinski definition) is 2. The topological polar surface area (TPSA) is 78.3 Å². The summed E-state index contributed by atoms with van der Waals surface area (Å²) in [5.41, 5.74) is 3.31. The number of nitrogens with zero attached hydrogens (tertiary/aromatic N) is 4. The van der Waals surface area contributed by atoms with Gasteiger partial charge in [0.1, 0.15) is 0 Å². The van der Waals surface area contributed by atoms with Gasteiger partial charge in [-0.05, 0) is 25.5 Å². The van der Waals surface area contributed by atoms with Gasteiger partial charge >= 0.3 is 0 Å². The Kier molecular flexibility index (Phi) is 6.22. The smallest absolute Gasteiger partial charge is 0.282 e. The maximum absolute atomic E-state index is 13.2. The van der Waals surface area contributed by atoms with Gasteiger partial charge in [0.05, 0.1) is 22.3 Å². The van der Waals surface area contributed by atoms with Gasteiger partial charge in [-0.15, -0.1) is 0 Å². The van der Waals surface area contributed by atoms with Crippen LogP contribution in [0.2, 0.25) is 0 Å². The quantitative estimate of drug-likeness (QED) is 0.584. The summed E-state index contributed by atoms with van der Waals surface area (Å²) in [5.74, 6) is 0. The Morgan fingerprint density at radius 3 is 2.83 bits per heavy atom. The van der Waals surface area contributed by atoms with Crippen LogP contribution >= 0.6 is 11.3 Å². The number of thiazole rings is 1. The molecule has 2 N–H and O–H groups in total. The summed E-state index contributed by atoms with van der Waals surface area (Å²) < 4.78 is 2.66. The van der Waals surface area contributed by atoms with Crippen molar-refractivity contribution < 1.29 is 0 Å². The zero-order chi connectivity index (χ0) is 20.2. The summed E-state index contributed by atoms with van der Waals surface area (Å²) in [6.45, 7) is 9.90. The van der Waals surface area contributed by atoms with E-state index in [4.69, 9.17) is 4.99 Å². The van der Waals surface area contributed by atoms with E-state index in [1.807, 2.05) is 31.2 Å². The van der Waals surface area contributed by atoms with Gasteiger partial charge in [-0.3, -0.25) is 19.8 Å². The predicted molar refractivity (Wildman–Crippen MR) is 120 cm³/mol. The van der Waals surface area contributed by atoms with Crippen LogP contribution in [-0.4, -0.2) is 64.6 Å². The highest BCUT2D eigenvalue weighted by molar-refractivity contribution is 7.20. The van der Waals surface area contributed by atoms with Gasteiger partial charge in [0.15, 0.2) is 0 Å². The fraction of sp³-hybridized carbons (Fsp3) is 0.476. The van der Waals surface area contributed by atoms with E-state index in [1.54, 1.807) is 4.68 Å². The van der Waals surface area contributed by atoms with Gasteiger partial charge in [-0.2, -0.15) is 4.68 Å². The number of aryl methyl sites for hydroxylation is 1. The Hall–Kier alpha value is -2.29. The van der Waals surface area contributed by atoms with Crippen molar-refractivity contribution in [3.63, 3.8) is 0 Å². The van der Waals surface area contributed by atoms with E-state index in [-0.39, 0.29) is 5.56 Å². The average Bonchev–Trinajstić information content (AvgIpc) is 3.30. The van der Waals surface area contributed by atoms with Gasteiger partial charge in [-0.1, -0.05) is 36.8 Å². The molecule has 4 rings (SSSR count). The lowest BCUT2D eigenvalue weighted by atomic mass is 10.1. The highest BCUT2D eigenvalue weighted by atomic mass is 32.1. The summed E-state index contributed by atoms with van der Waals surface area (Å²) in [4.78, 5) is 25.0. The average molecular weight is 413 g/mol. The molecule has 3 heterocycles. The third-order valence-electron chi connectivity index (χ3n) is 5.28. The van der Waals surface area contributed by atoms with Crippen LogP contribution in [0.3, 0.4) is 0 Å². The minimum atomic E-state index is -0.0593. The first kappa shape index (κ1) is 20.0. The second kappa shape index (κ2) is 9.02. The Bertz CT molecular complexity index is 1020. The Morgan fingerprint density at radius 2 is 2.07 bits per heavy atom. The molecule has 154 valence electrons. The summed E-state index contributed by atoms with van der Waals surface area (Å²) in [5, 5.41) is 7.34. The molecule has 8 heteroatoms. The molecule has 2 aromatic heterocycles. The van der Waals surface area contributed by atoms with Crippen LogP contribution in [0, 0.1) is 0 Å². The summed E-state index contributed by atoms with van der Waals surface area (Å²) >= 11 is 1.52. The monoisotopic (exact) mass is 412 g/mol. The number of aliphatic imine (C=N–C) groups is 1. The Labute approximate surface area is 174 Å². The molecule has 1 aliphatic rings. The minimum absolute atomic E-state index is 0.0593. The maximum Gasteiger partial charge on any atom is 0.282 e. The van der Waals surface area contributed by atoms with E-state index >= 15 is 0 Å². The minimum Gasteiger partial charge on any atom is -0.314 e. The first-order valence-corrected chi connectivity index (χ1v) is 11.1. The third-order valence-corrected chi connectivity index (χ3v) is 6.30. The first-order valence-electron chi connectivity index (χ1n) is 10.3. The number of fused-ring (bicyclic) bond motifs is 1. The van der Waals surface area contributed by atoms with Crippen LogP contribution < -0.4 is 10.9 Å². The van der Waals surface area contributed by atoms with Crippen LogP contribution in [0.4, 0.5) is 0 Å². The number of aromatic amines is 1. The van der Waals surface area contributed by atoms with Gasteiger partial charge in [0.2, 0.25) is 5.13 Å². The molecule has 0 saturated carbocycles. The van der Waals surface area contributed by atoms with Crippen molar-refractivity contribution in [2.75, 3.05) is 39.3 Å². The van der Waals surface area contributed by atoms with E-state index < -0.39 is 0 Å². The molecule has 1 aromatic carbocycles. The molecule has 1 saturated heterocycles. The lowest BCUT2D eigenvalue weighted by Crippen LogP contribution is -2.44. The predicted octanol–water partition coefficient (Wildman–Crippen LogP) is 2.44. The Morgan fingerprint density at radius 1 is 1.28 bits per heavy atom. The largest absolute Gasteiger partial charge is 0.314 e. The van der Waals surface area contributed by atoms with Crippen LogP contribution in [-0.2, 0) is 6.42 Å². The van der Waals surface area contributed by atoms with Gasteiger partial charge in [-0.25, -0.2) is 4.98 Å². The first-order chi connectivity index (χ1) is 14.2. The van der Waals surface area contributed by atoms with Crippen LogP contribution in [0.1, 0.15) is 31.5 Å². The molecule has 0 spiro atoms. The van der Waals surface area contributed by atoms with E-state index in [9.17, 15) is 4.79 Å². The standard InChI is InChI=1S/C21H28N6OS/c1-3-6-17-19(15(2)23-11-14-26-12-9-22-10-13-26)20(28)27(25-17)21-24-16-7-4-5-8-18(16)29-21/h4-5,7-8,22,25H,3,6,9-14H2,1-2H3. The van der Waals surface area contributed by atoms with Gasteiger partial charge in [0.25, 0.3) is 5.56 Å². The molecule has 0 atom stereocenters. The van der Waals surface area contributed by atoms with E-state index in [2.05, 4.69) is 27.2 Å². The second-order valence-corrected chi connectivity index (χ2v) is 8.39. The molecular formula is C21H28N6OS. The van der Waals surface area contributed by atoms with E-state index in [0.717, 1.165) is 67.2 Å². The molecular weight excluding hydrogens is 384 g/mol. The lowest BCUT2D eigenvalue weighted by Gasteiger charge is -2.26. The molecule has 0 unspecified atom stereocenters. The number of piperazine rings is 1. The molecule has 0 bridgehead atoms. The van der Waals surface area contributed by atoms with Crippen molar-refractivity contribution in [3.05, 3.63) is 45.9 Å². The molecule has 7 nitrogen and oxygen atoms in total. The molecule has 1 aliphatic heterocycles.